The fourth-order valence-corrected chi connectivity index (χ4v) is 1.94. The van der Waals surface area contributed by atoms with Gasteiger partial charge in [-0.15, -0.1) is 0 Å². The standard InChI is InChI=1S/C14H23N/c1-5-14(11(2)3)15-12(4)13-9-7-6-8-10-13/h6-12,14-15H,5H2,1-4H3/t12-,14?/m1/s1. The molecule has 0 spiro atoms. The molecule has 0 heterocycles. The lowest BCUT2D eigenvalue weighted by atomic mass is 9.99. The number of hydrogen-bond donors (Lipinski definition) is 1. The van der Waals surface area contributed by atoms with E-state index in [2.05, 4.69) is 63.3 Å². The summed E-state index contributed by atoms with van der Waals surface area (Å²) in [5.74, 6) is 0.696. The largest absolute Gasteiger partial charge is 0.307 e. The molecule has 0 saturated carbocycles. The van der Waals surface area contributed by atoms with Gasteiger partial charge in [-0.2, -0.15) is 0 Å². The van der Waals surface area contributed by atoms with E-state index in [1.807, 2.05) is 0 Å². The first-order chi connectivity index (χ1) is 7.15. The van der Waals surface area contributed by atoms with Crippen LogP contribution in [0.4, 0.5) is 0 Å². The Bertz CT molecular complexity index is 266. The van der Waals surface area contributed by atoms with Crippen molar-refractivity contribution in [3.63, 3.8) is 0 Å². The fourth-order valence-electron chi connectivity index (χ4n) is 1.94. The molecular weight excluding hydrogens is 182 g/mol. The fraction of sp³-hybridized carbons (Fsp3) is 0.571. The van der Waals surface area contributed by atoms with Crippen LogP contribution in [0.3, 0.4) is 0 Å². The molecule has 0 aliphatic heterocycles. The zero-order chi connectivity index (χ0) is 11.3. The molecule has 0 saturated heterocycles. The van der Waals surface area contributed by atoms with Gasteiger partial charge in [-0.1, -0.05) is 51.1 Å². The Morgan fingerprint density at radius 2 is 1.67 bits per heavy atom. The molecule has 1 aromatic carbocycles. The molecule has 84 valence electrons. The Hall–Kier alpha value is -0.820. The summed E-state index contributed by atoms with van der Waals surface area (Å²) in [5, 5.41) is 3.68. The molecule has 0 aliphatic rings. The minimum Gasteiger partial charge on any atom is -0.307 e. The van der Waals surface area contributed by atoms with Gasteiger partial charge in [0.15, 0.2) is 0 Å². The van der Waals surface area contributed by atoms with Gasteiger partial charge in [-0.3, -0.25) is 0 Å². The van der Waals surface area contributed by atoms with Crippen molar-refractivity contribution in [1.29, 1.82) is 0 Å². The SMILES string of the molecule is CCC(N[C@H](C)c1ccccc1)C(C)C. The van der Waals surface area contributed by atoms with Crippen LogP contribution < -0.4 is 5.32 Å². The van der Waals surface area contributed by atoms with Crippen molar-refractivity contribution in [2.75, 3.05) is 0 Å². The molecule has 0 bridgehead atoms. The summed E-state index contributed by atoms with van der Waals surface area (Å²) in [6.07, 6.45) is 1.19. The second kappa shape index (κ2) is 5.92. The molecule has 1 heteroatoms. The summed E-state index contributed by atoms with van der Waals surface area (Å²) in [7, 11) is 0. The summed E-state index contributed by atoms with van der Waals surface area (Å²) in [6, 6.07) is 11.7. The van der Waals surface area contributed by atoms with Gasteiger partial charge in [0.25, 0.3) is 0 Å². The van der Waals surface area contributed by atoms with Gasteiger partial charge in [0.05, 0.1) is 0 Å². The van der Waals surface area contributed by atoms with Crippen molar-refractivity contribution >= 4 is 0 Å². The lowest BCUT2D eigenvalue weighted by molar-refractivity contribution is 0.356. The second-order valence-electron chi connectivity index (χ2n) is 4.56. The smallest absolute Gasteiger partial charge is 0.0294 e. The van der Waals surface area contributed by atoms with Crippen LogP contribution in [0.25, 0.3) is 0 Å². The molecule has 0 aliphatic carbocycles. The number of rotatable bonds is 5. The molecule has 0 amide bonds. The van der Waals surface area contributed by atoms with Gasteiger partial charge >= 0.3 is 0 Å². The second-order valence-corrected chi connectivity index (χ2v) is 4.56. The van der Waals surface area contributed by atoms with E-state index in [0.29, 0.717) is 18.0 Å². The van der Waals surface area contributed by atoms with Crippen molar-refractivity contribution in [2.24, 2.45) is 5.92 Å². The molecule has 1 nitrogen and oxygen atoms in total. The molecule has 1 unspecified atom stereocenters. The summed E-state index contributed by atoms with van der Waals surface area (Å²) in [5.41, 5.74) is 1.37. The van der Waals surface area contributed by atoms with Gasteiger partial charge in [0.2, 0.25) is 0 Å². The van der Waals surface area contributed by atoms with Crippen molar-refractivity contribution < 1.29 is 0 Å². The average Bonchev–Trinajstić information content (AvgIpc) is 2.26. The first kappa shape index (κ1) is 12.3. The molecule has 0 aromatic heterocycles. The van der Waals surface area contributed by atoms with E-state index < -0.39 is 0 Å². The maximum absolute atomic E-state index is 3.68. The third-order valence-corrected chi connectivity index (χ3v) is 3.01. The maximum Gasteiger partial charge on any atom is 0.0294 e. The third kappa shape index (κ3) is 3.67. The highest BCUT2D eigenvalue weighted by atomic mass is 14.9. The summed E-state index contributed by atoms with van der Waals surface area (Å²) in [6.45, 7) is 9.04. The predicted octanol–water partition coefficient (Wildman–Crippen LogP) is 3.77. The van der Waals surface area contributed by atoms with E-state index in [9.17, 15) is 0 Å². The van der Waals surface area contributed by atoms with Crippen molar-refractivity contribution in [3.8, 4) is 0 Å². The molecule has 0 fully saturated rings. The van der Waals surface area contributed by atoms with Gasteiger partial charge in [-0.25, -0.2) is 0 Å². The highest BCUT2D eigenvalue weighted by Gasteiger charge is 2.14. The Morgan fingerprint density at radius 3 is 2.13 bits per heavy atom. The van der Waals surface area contributed by atoms with E-state index in [-0.39, 0.29) is 0 Å². The van der Waals surface area contributed by atoms with Crippen LogP contribution >= 0.6 is 0 Å². The summed E-state index contributed by atoms with van der Waals surface area (Å²) in [4.78, 5) is 0. The molecule has 0 radical (unpaired) electrons. The molecule has 1 N–H and O–H groups in total. The summed E-state index contributed by atoms with van der Waals surface area (Å²) < 4.78 is 0. The topological polar surface area (TPSA) is 12.0 Å². The van der Waals surface area contributed by atoms with Crippen LogP contribution in [0.1, 0.15) is 45.7 Å². The number of hydrogen-bond acceptors (Lipinski definition) is 1. The monoisotopic (exact) mass is 205 g/mol. The van der Waals surface area contributed by atoms with E-state index in [4.69, 9.17) is 0 Å². The number of benzene rings is 1. The van der Waals surface area contributed by atoms with E-state index in [1.54, 1.807) is 0 Å². The first-order valence-corrected chi connectivity index (χ1v) is 5.96. The molecule has 1 rings (SSSR count). The van der Waals surface area contributed by atoms with Gasteiger partial charge in [0, 0.05) is 12.1 Å². The maximum atomic E-state index is 3.68. The Labute approximate surface area is 93.9 Å². The van der Waals surface area contributed by atoms with Crippen molar-refractivity contribution in [3.05, 3.63) is 35.9 Å². The van der Waals surface area contributed by atoms with Crippen LogP contribution in [0.2, 0.25) is 0 Å². The quantitative estimate of drug-likeness (QED) is 0.771. The molecule has 15 heavy (non-hydrogen) atoms. The zero-order valence-corrected chi connectivity index (χ0v) is 10.3. The van der Waals surface area contributed by atoms with Crippen molar-refractivity contribution in [2.45, 2.75) is 46.2 Å². The van der Waals surface area contributed by atoms with Gasteiger partial charge < -0.3 is 5.32 Å². The number of nitrogens with one attached hydrogen (secondary N) is 1. The van der Waals surface area contributed by atoms with Gasteiger partial charge in [0.1, 0.15) is 0 Å². The lowest BCUT2D eigenvalue weighted by Gasteiger charge is -2.25. The van der Waals surface area contributed by atoms with Gasteiger partial charge in [-0.05, 0) is 24.8 Å². The highest BCUT2D eigenvalue weighted by molar-refractivity contribution is 5.18. The minimum atomic E-state index is 0.443. The normalized spacial score (nSPS) is 15.3. The summed E-state index contributed by atoms with van der Waals surface area (Å²) >= 11 is 0. The zero-order valence-electron chi connectivity index (χ0n) is 10.3. The van der Waals surface area contributed by atoms with Crippen LogP contribution in [-0.4, -0.2) is 6.04 Å². The molecule has 1 aromatic rings. The van der Waals surface area contributed by atoms with Crippen LogP contribution in [0, 0.1) is 5.92 Å². The lowest BCUT2D eigenvalue weighted by Crippen LogP contribution is -2.35. The van der Waals surface area contributed by atoms with Crippen molar-refractivity contribution in [1.82, 2.24) is 5.32 Å². The Kier molecular flexibility index (Phi) is 4.83. The molecular formula is C14H23N. The van der Waals surface area contributed by atoms with E-state index >= 15 is 0 Å². The Balaban J connectivity index is 2.58. The Morgan fingerprint density at radius 1 is 1.07 bits per heavy atom. The van der Waals surface area contributed by atoms with Crippen LogP contribution in [0.15, 0.2) is 30.3 Å². The highest BCUT2D eigenvalue weighted by Crippen LogP contribution is 2.15. The third-order valence-electron chi connectivity index (χ3n) is 3.01. The van der Waals surface area contributed by atoms with E-state index in [1.165, 1.54) is 12.0 Å². The average molecular weight is 205 g/mol. The molecule has 2 atom stereocenters. The predicted molar refractivity (Wildman–Crippen MR) is 66.9 cm³/mol. The van der Waals surface area contributed by atoms with Crippen LogP contribution in [-0.2, 0) is 0 Å². The van der Waals surface area contributed by atoms with Crippen LogP contribution in [0.5, 0.6) is 0 Å². The first-order valence-electron chi connectivity index (χ1n) is 5.96. The minimum absolute atomic E-state index is 0.443. The van der Waals surface area contributed by atoms with E-state index in [0.717, 1.165) is 0 Å².